The van der Waals surface area contributed by atoms with Gasteiger partial charge in [0, 0.05) is 18.8 Å². The summed E-state index contributed by atoms with van der Waals surface area (Å²) in [6.07, 6.45) is 9.45. The maximum atomic E-state index is 12.3. The molecule has 25 heavy (non-hydrogen) atoms. The van der Waals surface area contributed by atoms with Gasteiger partial charge in [-0.3, -0.25) is 9.69 Å². The molecule has 0 aromatic heterocycles. The van der Waals surface area contributed by atoms with Gasteiger partial charge in [-0.1, -0.05) is 25.3 Å². The van der Waals surface area contributed by atoms with Gasteiger partial charge < -0.3 is 10.1 Å². The molecule has 3 rings (SSSR count). The van der Waals surface area contributed by atoms with Crippen molar-refractivity contribution in [2.24, 2.45) is 0 Å². The number of amides is 1. The number of hydrogen-bond donors (Lipinski definition) is 1. The number of carbonyl (C=O) groups excluding carboxylic acids is 1. The minimum absolute atomic E-state index is 0.0802. The Kier molecular flexibility index (Phi) is 6.49. The van der Waals surface area contributed by atoms with Gasteiger partial charge in [0.05, 0.1) is 18.8 Å². The van der Waals surface area contributed by atoms with E-state index in [1.54, 1.807) is 0 Å². The predicted octanol–water partition coefficient (Wildman–Crippen LogP) is 4.06. The number of piperidine rings is 1. The molecule has 1 saturated carbocycles. The Morgan fingerprint density at radius 1 is 1.00 bits per heavy atom. The number of nitrogens with one attached hydrogen (secondary N) is 1. The molecule has 1 saturated heterocycles. The van der Waals surface area contributed by atoms with Crippen molar-refractivity contribution in [3.05, 3.63) is 29.3 Å². The molecule has 0 unspecified atom stereocenters. The summed E-state index contributed by atoms with van der Waals surface area (Å²) in [5.74, 6) is 0.0802. The number of ether oxygens (including phenoxy) is 1. The minimum atomic E-state index is 0.0802. The quantitative estimate of drug-likeness (QED) is 0.876. The van der Waals surface area contributed by atoms with Crippen LogP contribution in [-0.4, -0.2) is 42.6 Å². The Labute approximate surface area is 151 Å². The molecule has 2 aliphatic rings. The first-order valence-electron chi connectivity index (χ1n) is 9.84. The normalized spacial score (nSPS) is 20.6. The highest BCUT2D eigenvalue weighted by atomic mass is 16.5. The third kappa shape index (κ3) is 5.82. The van der Waals surface area contributed by atoms with Crippen molar-refractivity contribution in [2.75, 3.05) is 25.0 Å². The molecule has 1 aliphatic heterocycles. The summed E-state index contributed by atoms with van der Waals surface area (Å²) in [4.78, 5) is 14.6. The smallest absolute Gasteiger partial charge is 0.238 e. The summed E-state index contributed by atoms with van der Waals surface area (Å²) in [5, 5.41) is 3.04. The van der Waals surface area contributed by atoms with Gasteiger partial charge in [-0.05, 0) is 62.8 Å². The van der Waals surface area contributed by atoms with Crippen LogP contribution in [0, 0.1) is 13.8 Å². The van der Waals surface area contributed by atoms with Crippen LogP contribution in [0.4, 0.5) is 5.69 Å². The Bertz CT molecular complexity index is 553. The van der Waals surface area contributed by atoms with Crippen molar-refractivity contribution < 1.29 is 9.53 Å². The standard InChI is InChI=1S/C21H32N2O2/c1-16-12-17(2)14-18(13-16)22-21(24)15-23-10-8-20(9-11-23)25-19-6-4-3-5-7-19/h12-14,19-20H,3-11,15H2,1-2H3,(H,22,24). The highest BCUT2D eigenvalue weighted by Gasteiger charge is 2.24. The van der Waals surface area contributed by atoms with Crippen molar-refractivity contribution in [1.82, 2.24) is 4.90 Å². The monoisotopic (exact) mass is 344 g/mol. The van der Waals surface area contributed by atoms with Gasteiger partial charge in [-0.2, -0.15) is 0 Å². The lowest BCUT2D eigenvalue weighted by Gasteiger charge is -2.34. The van der Waals surface area contributed by atoms with Crippen molar-refractivity contribution in [3.63, 3.8) is 0 Å². The number of rotatable bonds is 5. The van der Waals surface area contributed by atoms with Gasteiger partial charge in [0.2, 0.25) is 5.91 Å². The van der Waals surface area contributed by atoms with E-state index in [-0.39, 0.29) is 5.91 Å². The van der Waals surface area contributed by atoms with Crippen molar-refractivity contribution >= 4 is 11.6 Å². The highest BCUT2D eigenvalue weighted by molar-refractivity contribution is 5.92. The molecule has 1 heterocycles. The first-order chi connectivity index (χ1) is 12.1. The average Bonchev–Trinajstić information content (AvgIpc) is 2.56. The van der Waals surface area contributed by atoms with E-state index in [0.717, 1.165) is 31.6 Å². The third-order valence-corrected chi connectivity index (χ3v) is 5.34. The number of likely N-dealkylation sites (tertiary alicyclic amines) is 1. The molecule has 0 radical (unpaired) electrons. The number of carbonyl (C=O) groups is 1. The fourth-order valence-electron chi connectivity index (χ4n) is 4.13. The van der Waals surface area contributed by atoms with Crippen LogP contribution in [0.2, 0.25) is 0 Å². The summed E-state index contributed by atoms with van der Waals surface area (Å²) in [6, 6.07) is 6.16. The summed E-state index contributed by atoms with van der Waals surface area (Å²) in [6.45, 7) is 6.50. The third-order valence-electron chi connectivity index (χ3n) is 5.34. The molecule has 4 heteroatoms. The zero-order valence-electron chi connectivity index (χ0n) is 15.7. The summed E-state index contributed by atoms with van der Waals surface area (Å²) in [5.41, 5.74) is 3.25. The molecule has 2 fully saturated rings. The van der Waals surface area contributed by atoms with Gasteiger partial charge in [0.1, 0.15) is 0 Å². The highest BCUT2D eigenvalue weighted by Crippen LogP contribution is 2.24. The molecule has 0 spiro atoms. The lowest BCUT2D eigenvalue weighted by atomic mass is 9.97. The number of hydrogen-bond acceptors (Lipinski definition) is 3. The summed E-state index contributed by atoms with van der Waals surface area (Å²) in [7, 11) is 0. The molecule has 4 nitrogen and oxygen atoms in total. The van der Waals surface area contributed by atoms with Crippen molar-refractivity contribution in [1.29, 1.82) is 0 Å². The Morgan fingerprint density at radius 2 is 1.60 bits per heavy atom. The lowest BCUT2D eigenvalue weighted by Crippen LogP contribution is -2.42. The molecular formula is C21H32N2O2. The van der Waals surface area contributed by atoms with Crippen LogP contribution in [0.5, 0.6) is 0 Å². The van der Waals surface area contributed by atoms with E-state index in [9.17, 15) is 4.79 Å². The average molecular weight is 344 g/mol. The van der Waals surface area contributed by atoms with Crippen LogP contribution in [0.15, 0.2) is 18.2 Å². The van der Waals surface area contributed by atoms with E-state index in [1.165, 1.54) is 43.2 Å². The molecule has 1 aromatic rings. The lowest BCUT2D eigenvalue weighted by molar-refractivity contribution is -0.118. The van der Waals surface area contributed by atoms with Crippen LogP contribution in [0.1, 0.15) is 56.1 Å². The number of nitrogens with zero attached hydrogens (tertiary/aromatic N) is 1. The van der Waals surface area contributed by atoms with E-state index in [4.69, 9.17) is 4.74 Å². The Morgan fingerprint density at radius 3 is 2.24 bits per heavy atom. The first kappa shape index (κ1) is 18.4. The SMILES string of the molecule is Cc1cc(C)cc(NC(=O)CN2CCC(OC3CCCCC3)CC2)c1. The van der Waals surface area contributed by atoms with E-state index < -0.39 is 0 Å². The second-order valence-electron chi connectivity index (χ2n) is 7.80. The molecule has 1 aliphatic carbocycles. The Balaban J connectivity index is 1.40. The van der Waals surface area contributed by atoms with Gasteiger partial charge >= 0.3 is 0 Å². The topological polar surface area (TPSA) is 41.6 Å². The second-order valence-corrected chi connectivity index (χ2v) is 7.80. The summed E-state index contributed by atoms with van der Waals surface area (Å²) >= 11 is 0. The fourth-order valence-corrected chi connectivity index (χ4v) is 4.13. The maximum absolute atomic E-state index is 12.3. The predicted molar refractivity (Wildman–Crippen MR) is 102 cm³/mol. The molecule has 1 aromatic carbocycles. The zero-order chi connectivity index (χ0) is 17.6. The van der Waals surface area contributed by atoms with Crippen LogP contribution in [-0.2, 0) is 9.53 Å². The minimum Gasteiger partial charge on any atom is -0.375 e. The van der Waals surface area contributed by atoms with E-state index >= 15 is 0 Å². The fraction of sp³-hybridized carbons (Fsp3) is 0.667. The van der Waals surface area contributed by atoms with Gasteiger partial charge in [-0.15, -0.1) is 0 Å². The van der Waals surface area contributed by atoms with Gasteiger partial charge in [0.15, 0.2) is 0 Å². The van der Waals surface area contributed by atoms with Crippen molar-refractivity contribution in [3.8, 4) is 0 Å². The molecule has 138 valence electrons. The van der Waals surface area contributed by atoms with Crippen LogP contribution in [0.3, 0.4) is 0 Å². The first-order valence-corrected chi connectivity index (χ1v) is 9.84. The summed E-state index contributed by atoms with van der Waals surface area (Å²) < 4.78 is 6.28. The van der Waals surface area contributed by atoms with Crippen LogP contribution >= 0.6 is 0 Å². The van der Waals surface area contributed by atoms with Crippen LogP contribution in [0.25, 0.3) is 0 Å². The van der Waals surface area contributed by atoms with Crippen LogP contribution < -0.4 is 5.32 Å². The zero-order valence-corrected chi connectivity index (χ0v) is 15.7. The number of anilines is 1. The molecular weight excluding hydrogens is 312 g/mol. The van der Waals surface area contributed by atoms with Crippen molar-refractivity contribution in [2.45, 2.75) is 71.0 Å². The Hall–Kier alpha value is -1.39. The molecule has 1 amide bonds. The van der Waals surface area contributed by atoms with E-state index in [0.29, 0.717) is 18.8 Å². The maximum Gasteiger partial charge on any atom is 0.238 e. The molecule has 0 bridgehead atoms. The van der Waals surface area contributed by atoms with E-state index in [2.05, 4.69) is 30.1 Å². The van der Waals surface area contributed by atoms with Gasteiger partial charge in [0.25, 0.3) is 0 Å². The second kappa shape index (κ2) is 8.81. The number of benzene rings is 1. The van der Waals surface area contributed by atoms with E-state index in [1.807, 2.05) is 12.1 Å². The molecule has 1 N–H and O–H groups in total. The number of aryl methyl sites for hydroxylation is 2. The molecule has 0 atom stereocenters. The largest absolute Gasteiger partial charge is 0.375 e. The van der Waals surface area contributed by atoms with Gasteiger partial charge in [-0.25, -0.2) is 0 Å².